The highest BCUT2D eigenvalue weighted by molar-refractivity contribution is 7.99. The van der Waals surface area contributed by atoms with E-state index in [4.69, 9.17) is 9.84 Å². The second-order valence-corrected chi connectivity index (χ2v) is 6.43. The maximum atomic E-state index is 12.0. The molecular formula is C17H19N3O4S. The SMILES string of the molecule is COc1ccccc1SCC(C)CNC(=O)c1cnc(C(=O)O)cn1. The first-order valence-electron chi connectivity index (χ1n) is 7.60. The quantitative estimate of drug-likeness (QED) is 0.696. The van der Waals surface area contributed by atoms with Crippen LogP contribution in [0, 0.1) is 5.92 Å². The molecule has 8 heteroatoms. The first-order valence-corrected chi connectivity index (χ1v) is 8.59. The number of nitrogens with zero attached hydrogens (tertiary/aromatic N) is 2. The molecule has 1 atom stereocenters. The van der Waals surface area contributed by atoms with Crippen LogP contribution in [0.4, 0.5) is 0 Å². The minimum atomic E-state index is -1.18. The molecule has 0 radical (unpaired) electrons. The van der Waals surface area contributed by atoms with Crippen molar-refractivity contribution in [1.29, 1.82) is 0 Å². The highest BCUT2D eigenvalue weighted by atomic mass is 32.2. The fourth-order valence-corrected chi connectivity index (χ4v) is 2.99. The van der Waals surface area contributed by atoms with Gasteiger partial charge in [-0.25, -0.2) is 14.8 Å². The van der Waals surface area contributed by atoms with Crippen LogP contribution in [0.2, 0.25) is 0 Å². The summed E-state index contributed by atoms with van der Waals surface area (Å²) in [4.78, 5) is 31.3. The Morgan fingerprint density at radius 3 is 2.56 bits per heavy atom. The van der Waals surface area contributed by atoms with Crippen LogP contribution >= 0.6 is 11.8 Å². The lowest BCUT2D eigenvalue weighted by molar-refractivity contribution is 0.0689. The number of aromatic nitrogens is 2. The molecule has 0 bridgehead atoms. The van der Waals surface area contributed by atoms with Crippen molar-refractivity contribution >= 4 is 23.6 Å². The van der Waals surface area contributed by atoms with Crippen LogP contribution in [-0.4, -0.2) is 46.4 Å². The molecule has 7 nitrogen and oxygen atoms in total. The third-order valence-corrected chi connectivity index (χ3v) is 4.69. The summed E-state index contributed by atoms with van der Waals surface area (Å²) in [5, 5.41) is 11.5. The summed E-state index contributed by atoms with van der Waals surface area (Å²) in [5.74, 6) is 0.312. The van der Waals surface area contributed by atoms with E-state index in [2.05, 4.69) is 15.3 Å². The molecule has 0 aliphatic carbocycles. The topological polar surface area (TPSA) is 101 Å². The van der Waals surface area contributed by atoms with Crippen molar-refractivity contribution in [2.24, 2.45) is 5.92 Å². The normalized spacial score (nSPS) is 11.6. The predicted molar refractivity (Wildman–Crippen MR) is 94.2 cm³/mol. The fourth-order valence-electron chi connectivity index (χ4n) is 1.94. The van der Waals surface area contributed by atoms with Gasteiger partial charge in [0.15, 0.2) is 5.69 Å². The molecule has 132 valence electrons. The number of amides is 1. The van der Waals surface area contributed by atoms with Crippen LogP contribution in [0.3, 0.4) is 0 Å². The van der Waals surface area contributed by atoms with Crippen molar-refractivity contribution in [3.05, 3.63) is 48.0 Å². The lowest BCUT2D eigenvalue weighted by Gasteiger charge is -2.13. The van der Waals surface area contributed by atoms with Gasteiger partial charge in [-0.1, -0.05) is 19.1 Å². The molecule has 1 aromatic carbocycles. The number of carboxylic acids is 1. The van der Waals surface area contributed by atoms with Crippen LogP contribution in [0.1, 0.15) is 27.9 Å². The van der Waals surface area contributed by atoms with Gasteiger partial charge < -0.3 is 15.2 Å². The number of hydrogen-bond donors (Lipinski definition) is 2. The summed E-state index contributed by atoms with van der Waals surface area (Å²) in [5.41, 5.74) is -0.104. The molecule has 1 unspecified atom stereocenters. The van der Waals surface area contributed by atoms with Gasteiger partial charge in [0.25, 0.3) is 5.91 Å². The zero-order valence-electron chi connectivity index (χ0n) is 13.9. The first kappa shape index (κ1) is 18.7. The zero-order valence-corrected chi connectivity index (χ0v) is 14.7. The number of nitrogens with one attached hydrogen (secondary N) is 1. The Balaban J connectivity index is 1.81. The van der Waals surface area contributed by atoms with Crippen molar-refractivity contribution in [1.82, 2.24) is 15.3 Å². The number of methoxy groups -OCH3 is 1. The smallest absolute Gasteiger partial charge is 0.356 e. The third-order valence-electron chi connectivity index (χ3n) is 3.31. The molecule has 2 N–H and O–H groups in total. The summed E-state index contributed by atoms with van der Waals surface area (Å²) < 4.78 is 5.31. The third kappa shape index (κ3) is 5.46. The Bertz CT molecular complexity index is 737. The second-order valence-electron chi connectivity index (χ2n) is 5.37. The highest BCUT2D eigenvalue weighted by Crippen LogP contribution is 2.29. The summed E-state index contributed by atoms with van der Waals surface area (Å²) >= 11 is 1.66. The van der Waals surface area contributed by atoms with Gasteiger partial charge in [-0.15, -0.1) is 11.8 Å². The van der Waals surface area contributed by atoms with Crippen LogP contribution in [0.25, 0.3) is 0 Å². The molecule has 1 amide bonds. The van der Waals surface area contributed by atoms with Gasteiger partial charge in [0.2, 0.25) is 0 Å². The molecule has 0 spiro atoms. The number of carbonyl (C=O) groups excluding carboxylic acids is 1. The monoisotopic (exact) mass is 361 g/mol. The number of aromatic carboxylic acids is 1. The highest BCUT2D eigenvalue weighted by Gasteiger charge is 2.12. The summed E-state index contributed by atoms with van der Waals surface area (Å²) in [7, 11) is 1.64. The molecule has 0 aliphatic heterocycles. The van der Waals surface area contributed by atoms with E-state index in [1.54, 1.807) is 18.9 Å². The minimum absolute atomic E-state index is 0.0922. The van der Waals surface area contributed by atoms with E-state index in [0.29, 0.717) is 6.54 Å². The average Bonchev–Trinajstić information content (AvgIpc) is 2.64. The Labute approximate surface area is 149 Å². The summed E-state index contributed by atoms with van der Waals surface area (Å²) in [6.45, 7) is 2.51. The molecular weight excluding hydrogens is 342 g/mol. The summed E-state index contributed by atoms with van der Waals surface area (Å²) in [6.07, 6.45) is 2.23. The number of carboxylic acid groups (broad SMARTS) is 1. The minimum Gasteiger partial charge on any atom is -0.496 e. The lowest BCUT2D eigenvalue weighted by Crippen LogP contribution is -2.30. The number of carbonyl (C=O) groups is 2. The average molecular weight is 361 g/mol. The molecule has 0 fully saturated rings. The van der Waals surface area contributed by atoms with Gasteiger partial charge in [-0.3, -0.25) is 4.79 Å². The van der Waals surface area contributed by atoms with E-state index in [0.717, 1.165) is 28.8 Å². The molecule has 0 aliphatic rings. The Morgan fingerprint density at radius 1 is 1.24 bits per heavy atom. The van der Waals surface area contributed by atoms with Crippen LogP contribution in [-0.2, 0) is 0 Å². The van der Waals surface area contributed by atoms with Crippen LogP contribution in [0.5, 0.6) is 5.75 Å². The Morgan fingerprint density at radius 2 is 1.92 bits per heavy atom. The van der Waals surface area contributed by atoms with Crippen LogP contribution < -0.4 is 10.1 Å². The van der Waals surface area contributed by atoms with Crippen molar-refractivity contribution in [3.63, 3.8) is 0 Å². The molecule has 2 rings (SSSR count). The van der Waals surface area contributed by atoms with E-state index in [1.165, 1.54) is 0 Å². The van der Waals surface area contributed by atoms with Gasteiger partial charge in [-0.05, 0) is 18.1 Å². The van der Waals surface area contributed by atoms with E-state index < -0.39 is 5.97 Å². The number of thioether (sulfide) groups is 1. The Hall–Kier alpha value is -2.61. The van der Waals surface area contributed by atoms with Gasteiger partial charge in [-0.2, -0.15) is 0 Å². The zero-order chi connectivity index (χ0) is 18.2. The molecule has 0 saturated heterocycles. The van der Waals surface area contributed by atoms with E-state index in [-0.39, 0.29) is 23.2 Å². The van der Waals surface area contributed by atoms with Gasteiger partial charge >= 0.3 is 5.97 Å². The largest absolute Gasteiger partial charge is 0.496 e. The van der Waals surface area contributed by atoms with Crippen molar-refractivity contribution in [2.75, 3.05) is 19.4 Å². The number of ether oxygens (including phenoxy) is 1. The maximum absolute atomic E-state index is 12.0. The first-order chi connectivity index (χ1) is 12.0. The molecule has 25 heavy (non-hydrogen) atoms. The second kappa shape index (κ2) is 9.03. The standard InChI is InChI=1S/C17H19N3O4S/c1-11(10-25-15-6-4-3-5-14(15)24-2)7-20-16(21)12-8-19-13(9-18-12)17(22)23/h3-6,8-9,11H,7,10H2,1-2H3,(H,20,21)(H,22,23). The number of hydrogen-bond acceptors (Lipinski definition) is 6. The van der Waals surface area contributed by atoms with Crippen molar-refractivity contribution in [2.45, 2.75) is 11.8 Å². The van der Waals surface area contributed by atoms with Gasteiger partial charge in [0, 0.05) is 17.2 Å². The maximum Gasteiger partial charge on any atom is 0.356 e. The fraction of sp³-hybridized carbons (Fsp3) is 0.294. The predicted octanol–water partition coefficient (Wildman–Crippen LogP) is 2.34. The number of para-hydroxylation sites is 1. The van der Waals surface area contributed by atoms with Gasteiger partial charge in [0.05, 0.1) is 19.5 Å². The molecule has 1 heterocycles. The molecule has 1 aromatic heterocycles. The number of benzene rings is 1. The van der Waals surface area contributed by atoms with E-state index >= 15 is 0 Å². The van der Waals surface area contributed by atoms with Crippen LogP contribution in [0.15, 0.2) is 41.6 Å². The molecule has 0 saturated carbocycles. The molecule has 2 aromatic rings. The lowest BCUT2D eigenvalue weighted by atomic mass is 10.2. The van der Waals surface area contributed by atoms with Crippen molar-refractivity contribution < 1.29 is 19.4 Å². The van der Waals surface area contributed by atoms with E-state index in [9.17, 15) is 9.59 Å². The van der Waals surface area contributed by atoms with Gasteiger partial charge in [0.1, 0.15) is 11.4 Å². The van der Waals surface area contributed by atoms with E-state index in [1.807, 2.05) is 31.2 Å². The summed E-state index contributed by atoms with van der Waals surface area (Å²) in [6, 6.07) is 7.78. The number of rotatable bonds is 8. The Kier molecular flexibility index (Phi) is 6.76. The van der Waals surface area contributed by atoms with Crippen molar-refractivity contribution in [3.8, 4) is 5.75 Å².